The first-order valence-electron chi connectivity index (χ1n) is 9.13. The van der Waals surface area contributed by atoms with E-state index in [2.05, 4.69) is 19.7 Å². The molecule has 7 heteroatoms. The van der Waals surface area contributed by atoms with Crippen LogP contribution in [-0.4, -0.2) is 43.6 Å². The van der Waals surface area contributed by atoms with Crippen LogP contribution in [0.2, 0.25) is 0 Å². The number of hydrogen-bond donors (Lipinski definition) is 1. The third-order valence-electron chi connectivity index (χ3n) is 5.26. The monoisotopic (exact) mass is 341 g/mol. The number of pyridine rings is 1. The highest BCUT2D eigenvalue weighted by molar-refractivity contribution is 5.93. The minimum absolute atomic E-state index is 0.192. The Bertz CT molecular complexity index is 825. The lowest BCUT2D eigenvalue weighted by atomic mass is 9.96. The Labute approximate surface area is 146 Å². The SMILES string of the molecule is O=C(c1ccc[nH]c1=O)N1CCC[C@@H](c2nnc3n2CCCCC3)C1. The van der Waals surface area contributed by atoms with Gasteiger partial charge >= 0.3 is 0 Å². The number of rotatable bonds is 2. The second-order valence-electron chi connectivity index (χ2n) is 6.94. The molecule has 1 fully saturated rings. The molecule has 0 bridgehead atoms. The number of likely N-dealkylation sites (tertiary alicyclic amines) is 1. The summed E-state index contributed by atoms with van der Waals surface area (Å²) < 4.78 is 2.26. The fourth-order valence-corrected chi connectivity index (χ4v) is 3.94. The summed E-state index contributed by atoms with van der Waals surface area (Å²) in [4.78, 5) is 29.0. The average molecular weight is 341 g/mol. The Morgan fingerprint density at radius 3 is 2.96 bits per heavy atom. The second-order valence-corrected chi connectivity index (χ2v) is 6.94. The van der Waals surface area contributed by atoms with Gasteiger partial charge in [-0.25, -0.2) is 0 Å². The van der Waals surface area contributed by atoms with Gasteiger partial charge in [-0.1, -0.05) is 6.42 Å². The first-order valence-corrected chi connectivity index (χ1v) is 9.13. The number of nitrogens with one attached hydrogen (secondary N) is 1. The maximum Gasteiger partial charge on any atom is 0.260 e. The first kappa shape index (κ1) is 16.1. The summed E-state index contributed by atoms with van der Waals surface area (Å²) in [5.41, 5.74) is -0.116. The Hall–Kier alpha value is -2.44. The summed E-state index contributed by atoms with van der Waals surface area (Å²) in [5.74, 6) is 2.09. The average Bonchev–Trinajstić information content (AvgIpc) is 2.90. The van der Waals surface area contributed by atoms with Gasteiger partial charge < -0.3 is 14.5 Å². The molecular weight excluding hydrogens is 318 g/mol. The molecule has 0 saturated carbocycles. The predicted octanol–water partition coefficient (Wildman–Crippen LogP) is 1.71. The number of aryl methyl sites for hydroxylation is 1. The molecule has 25 heavy (non-hydrogen) atoms. The van der Waals surface area contributed by atoms with Crippen molar-refractivity contribution in [2.24, 2.45) is 0 Å². The summed E-state index contributed by atoms with van der Waals surface area (Å²) in [5, 5.41) is 8.84. The van der Waals surface area contributed by atoms with Crippen molar-refractivity contribution in [1.29, 1.82) is 0 Å². The molecule has 0 aliphatic carbocycles. The van der Waals surface area contributed by atoms with E-state index in [4.69, 9.17) is 0 Å². The van der Waals surface area contributed by atoms with E-state index < -0.39 is 0 Å². The van der Waals surface area contributed by atoms with Crippen LogP contribution < -0.4 is 5.56 Å². The van der Waals surface area contributed by atoms with Gasteiger partial charge in [-0.15, -0.1) is 10.2 Å². The van der Waals surface area contributed by atoms with Crippen LogP contribution >= 0.6 is 0 Å². The van der Waals surface area contributed by atoms with Gasteiger partial charge in [0.05, 0.1) is 0 Å². The minimum atomic E-state index is -0.328. The molecule has 0 aromatic carbocycles. The van der Waals surface area contributed by atoms with E-state index >= 15 is 0 Å². The summed E-state index contributed by atoms with van der Waals surface area (Å²) in [6.45, 7) is 2.26. The normalized spacial score (nSPS) is 20.8. The Balaban J connectivity index is 1.56. The van der Waals surface area contributed by atoms with Crippen LogP contribution in [0.15, 0.2) is 23.1 Å². The maximum atomic E-state index is 12.7. The standard InChI is InChI=1S/C18H23N5O2/c24-17-14(7-4-9-19-17)18(25)22-10-5-6-13(12-22)16-21-20-15-8-2-1-3-11-23(15)16/h4,7,9,13H,1-3,5-6,8,10-12H2,(H,19,24)/t13-/m1/s1. The molecule has 1 atom stereocenters. The van der Waals surface area contributed by atoms with Crippen molar-refractivity contribution < 1.29 is 4.79 Å². The molecule has 2 aliphatic rings. The van der Waals surface area contributed by atoms with Crippen molar-refractivity contribution in [2.75, 3.05) is 13.1 Å². The molecule has 7 nitrogen and oxygen atoms in total. The topological polar surface area (TPSA) is 83.9 Å². The Morgan fingerprint density at radius 2 is 2.08 bits per heavy atom. The van der Waals surface area contributed by atoms with Crippen LogP contribution in [0.5, 0.6) is 0 Å². The van der Waals surface area contributed by atoms with Gasteiger partial charge in [0.25, 0.3) is 11.5 Å². The number of aromatic amines is 1. The molecule has 132 valence electrons. The van der Waals surface area contributed by atoms with Gasteiger partial charge in [-0.05, 0) is 37.8 Å². The lowest BCUT2D eigenvalue weighted by Crippen LogP contribution is -2.41. The van der Waals surface area contributed by atoms with Crippen LogP contribution in [0, 0.1) is 0 Å². The fraction of sp³-hybridized carbons (Fsp3) is 0.556. The maximum absolute atomic E-state index is 12.7. The summed E-state index contributed by atoms with van der Waals surface area (Å²) in [6.07, 6.45) is 8.02. The van der Waals surface area contributed by atoms with Crippen molar-refractivity contribution >= 4 is 5.91 Å². The number of hydrogen-bond acceptors (Lipinski definition) is 4. The highest BCUT2D eigenvalue weighted by Crippen LogP contribution is 2.28. The fourth-order valence-electron chi connectivity index (χ4n) is 3.94. The molecule has 0 spiro atoms. The molecule has 0 unspecified atom stereocenters. The Morgan fingerprint density at radius 1 is 1.16 bits per heavy atom. The number of aromatic nitrogens is 4. The lowest BCUT2D eigenvalue weighted by molar-refractivity contribution is 0.0701. The molecule has 2 aliphatic heterocycles. The molecule has 4 heterocycles. The number of piperidine rings is 1. The number of H-pyrrole nitrogens is 1. The molecule has 1 saturated heterocycles. The quantitative estimate of drug-likeness (QED) is 0.901. The first-order chi connectivity index (χ1) is 12.2. The van der Waals surface area contributed by atoms with Crippen molar-refractivity contribution in [3.8, 4) is 0 Å². The molecule has 2 aromatic rings. The number of carbonyl (C=O) groups excluding carboxylic acids is 1. The van der Waals surface area contributed by atoms with Crippen molar-refractivity contribution in [3.05, 3.63) is 45.9 Å². The van der Waals surface area contributed by atoms with Gasteiger partial charge in [0.15, 0.2) is 0 Å². The number of carbonyl (C=O) groups is 1. The third-order valence-corrected chi connectivity index (χ3v) is 5.26. The van der Waals surface area contributed by atoms with Crippen LogP contribution in [0.4, 0.5) is 0 Å². The second kappa shape index (κ2) is 6.82. The van der Waals surface area contributed by atoms with Crippen molar-refractivity contribution in [2.45, 2.75) is 51.0 Å². The van der Waals surface area contributed by atoms with Gasteiger partial charge in [0.1, 0.15) is 17.2 Å². The number of fused-ring (bicyclic) bond motifs is 1. The van der Waals surface area contributed by atoms with Gasteiger partial charge in [0.2, 0.25) is 0 Å². The number of nitrogens with zero attached hydrogens (tertiary/aromatic N) is 4. The van der Waals surface area contributed by atoms with Crippen LogP contribution in [-0.2, 0) is 13.0 Å². The molecule has 0 radical (unpaired) electrons. The van der Waals surface area contributed by atoms with Gasteiger partial charge in [-0.3, -0.25) is 9.59 Å². The van der Waals surface area contributed by atoms with Crippen LogP contribution in [0.1, 0.15) is 60.0 Å². The highest BCUT2D eigenvalue weighted by Gasteiger charge is 2.30. The zero-order valence-electron chi connectivity index (χ0n) is 14.3. The van der Waals surface area contributed by atoms with E-state index in [9.17, 15) is 9.59 Å². The zero-order chi connectivity index (χ0) is 17.2. The Kier molecular flexibility index (Phi) is 4.38. The van der Waals surface area contributed by atoms with E-state index in [1.54, 1.807) is 23.2 Å². The summed E-state index contributed by atoms with van der Waals surface area (Å²) >= 11 is 0. The van der Waals surface area contributed by atoms with Crippen LogP contribution in [0.25, 0.3) is 0 Å². The van der Waals surface area contributed by atoms with Gasteiger partial charge in [0, 0.05) is 38.2 Å². The lowest BCUT2D eigenvalue weighted by Gasteiger charge is -2.32. The summed E-state index contributed by atoms with van der Waals surface area (Å²) in [6, 6.07) is 3.28. The minimum Gasteiger partial charge on any atom is -0.338 e. The zero-order valence-corrected chi connectivity index (χ0v) is 14.3. The molecule has 2 aromatic heterocycles. The smallest absolute Gasteiger partial charge is 0.260 e. The molecular formula is C18H23N5O2. The molecule has 1 N–H and O–H groups in total. The largest absolute Gasteiger partial charge is 0.338 e. The van der Waals surface area contributed by atoms with Gasteiger partial charge in [-0.2, -0.15) is 0 Å². The molecule has 1 amide bonds. The third kappa shape index (κ3) is 3.10. The highest BCUT2D eigenvalue weighted by atomic mass is 16.2. The predicted molar refractivity (Wildman–Crippen MR) is 92.5 cm³/mol. The van der Waals surface area contributed by atoms with E-state index in [-0.39, 0.29) is 22.9 Å². The number of amides is 1. The van der Waals surface area contributed by atoms with E-state index in [0.29, 0.717) is 13.1 Å². The van der Waals surface area contributed by atoms with Crippen molar-refractivity contribution in [1.82, 2.24) is 24.6 Å². The van der Waals surface area contributed by atoms with Crippen LogP contribution in [0.3, 0.4) is 0 Å². The molecule has 4 rings (SSSR count). The van der Waals surface area contributed by atoms with Crippen molar-refractivity contribution in [3.63, 3.8) is 0 Å². The van der Waals surface area contributed by atoms with E-state index in [1.165, 1.54) is 12.8 Å². The van der Waals surface area contributed by atoms with E-state index in [0.717, 1.165) is 43.9 Å². The van der Waals surface area contributed by atoms with E-state index in [1.807, 2.05) is 0 Å². The summed E-state index contributed by atoms with van der Waals surface area (Å²) in [7, 11) is 0.